The molecule has 1 fully saturated rings. The van der Waals surface area contributed by atoms with E-state index >= 15 is 0 Å². The Labute approximate surface area is 108 Å². The molecule has 96 valence electrons. The maximum absolute atomic E-state index is 11.7. The first kappa shape index (κ1) is 12.7. The maximum atomic E-state index is 11.7. The van der Waals surface area contributed by atoms with Crippen molar-refractivity contribution in [1.82, 2.24) is 4.90 Å². The number of hydrogen-bond acceptors (Lipinski definition) is 2. The van der Waals surface area contributed by atoms with Crippen molar-refractivity contribution >= 4 is 6.09 Å². The number of amides is 1. The third-order valence-corrected chi connectivity index (χ3v) is 2.93. The van der Waals surface area contributed by atoms with E-state index in [-0.39, 0.29) is 12.1 Å². The summed E-state index contributed by atoms with van der Waals surface area (Å²) in [6.07, 6.45) is 3.96. The fraction of sp³-hybridized carbons (Fsp3) is 0.400. The molecule has 0 bridgehead atoms. The predicted octanol–water partition coefficient (Wildman–Crippen LogP) is 3.22. The molecule has 0 unspecified atom stereocenters. The van der Waals surface area contributed by atoms with Crippen LogP contribution in [0.1, 0.15) is 19.4 Å². The van der Waals surface area contributed by atoms with Crippen molar-refractivity contribution in [1.29, 1.82) is 0 Å². The van der Waals surface area contributed by atoms with Crippen molar-refractivity contribution < 1.29 is 9.53 Å². The summed E-state index contributed by atoms with van der Waals surface area (Å²) in [6, 6.07) is 10.0. The van der Waals surface area contributed by atoms with Crippen LogP contribution in [0.25, 0.3) is 0 Å². The lowest BCUT2D eigenvalue weighted by Gasteiger charge is -2.19. The van der Waals surface area contributed by atoms with Gasteiger partial charge in [-0.05, 0) is 11.5 Å². The highest BCUT2D eigenvalue weighted by molar-refractivity contribution is 5.70. The van der Waals surface area contributed by atoms with Crippen molar-refractivity contribution in [3.63, 3.8) is 0 Å². The normalized spacial score (nSPS) is 19.8. The molecular formula is C15H19NO2. The van der Waals surface area contributed by atoms with Crippen molar-refractivity contribution in [2.45, 2.75) is 26.4 Å². The number of ether oxygens (including phenoxy) is 1. The molecule has 0 saturated carbocycles. The van der Waals surface area contributed by atoms with Gasteiger partial charge in [-0.3, -0.25) is 4.90 Å². The molecule has 2 rings (SSSR count). The van der Waals surface area contributed by atoms with E-state index in [0.717, 1.165) is 5.56 Å². The van der Waals surface area contributed by atoms with Gasteiger partial charge in [0.05, 0.1) is 6.04 Å². The molecule has 1 aromatic carbocycles. The molecule has 1 amide bonds. The molecule has 0 radical (unpaired) electrons. The summed E-state index contributed by atoms with van der Waals surface area (Å²) in [5, 5.41) is 0. The van der Waals surface area contributed by atoms with E-state index in [1.807, 2.05) is 30.3 Å². The van der Waals surface area contributed by atoms with Gasteiger partial charge in [0.25, 0.3) is 0 Å². The second kappa shape index (κ2) is 5.71. The summed E-state index contributed by atoms with van der Waals surface area (Å²) in [5.41, 5.74) is 1.12. The highest BCUT2D eigenvalue weighted by atomic mass is 16.6. The maximum Gasteiger partial charge on any atom is 0.410 e. The average Bonchev–Trinajstić information content (AvgIpc) is 2.70. The molecule has 0 spiro atoms. The van der Waals surface area contributed by atoms with Crippen LogP contribution >= 0.6 is 0 Å². The molecule has 3 heteroatoms. The Morgan fingerprint density at radius 1 is 1.39 bits per heavy atom. The fourth-order valence-corrected chi connectivity index (χ4v) is 1.94. The lowest BCUT2D eigenvalue weighted by molar-refractivity contribution is 0.156. The second-order valence-corrected chi connectivity index (χ2v) is 4.89. The number of allylic oxidation sites excluding steroid dienone is 1. The van der Waals surface area contributed by atoms with Crippen LogP contribution in [-0.4, -0.2) is 23.6 Å². The van der Waals surface area contributed by atoms with Crippen molar-refractivity contribution in [3.8, 4) is 0 Å². The molecule has 0 aromatic heterocycles. The number of rotatable bonds is 4. The zero-order valence-corrected chi connectivity index (χ0v) is 10.9. The predicted molar refractivity (Wildman–Crippen MR) is 71.1 cm³/mol. The summed E-state index contributed by atoms with van der Waals surface area (Å²) in [6.45, 7) is 5.30. The third-order valence-electron chi connectivity index (χ3n) is 2.93. The number of nitrogens with zero attached hydrogens (tertiary/aromatic N) is 1. The number of cyclic esters (lactones) is 1. The van der Waals surface area contributed by atoms with Gasteiger partial charge in [0.2, 0.25) is 0 Å². The molecule has 1 aliphatic rings. The first-order valence-corrected chi connectivity index (χ1v) is 6.32. The van der Waals surface area contributed by atoms with Gasteiger partial charge in [-0.25, -0.2) is 4.79 Å². The molecule has 18 heavy (non-hydrogen) atoms. The largest absolute Gasteiger partial charge is 0.447 e. The van der Waals surface area contributed by atoms with Crippen LogP contribution < -0.4 is 0 Å². The number of hydrogen-bond donors (Lipinski definition) is 0. The van der Waals surface area contributed by atoms with Crippen molar-refractivity contribution in [3.05, 3.63) is 48.0 Å². The van der Waals surface area contributed by atoms with Crippen LogP contribution in [-0.2, 0) is 11.3 Å². The number of benzene rings is 1. The van der Waals surface area contributed by atoms with E-state index in [1.165, 1.54) is 0 Å². The molecule has 1 aliphatic heterocycles. The molecule has 3 nitrogen and oxygen atoms in total. The lowest BCUT2D eigenvalue weighted by atomic mass is 10.1. The second-order valence-electron chi connectivity index (χ2n) is 4.89. The van der Waals surface area contributed by atoms with Gasteiger partial charge >= 0.3 is 6.09 Å². The van der Waals surface area contributed by atoms with Gasteiger partial charge in [0.15, 0.2) is 0 Å². The van der Waals surface area contributed by atoms with E-state index in [9.17, 15) is 4.79 Å². The monoisotopic (exact) mass is 245 g/mol. The lowest BCUT2D eigenvalue weighted by Crippen LogP contribution is -2.31. The summed E-state index contributed by atoms with van der Waals surface area (Å²) < 4.78 is 5.12. The van der Waals surface area contributed by atoms with Gasteiger partial charge in [-0.2, -0.15) is 0 Å². The van der Waals surface area contributed by atoms with E-state index in [1.54, 1.807) is 4.90 Å². The van der Waals surface area contributed by atoms with Crippen LogP contribution in [0.2, 0.25) is 0 Å². The number of carbonyl (C=O) groups is 1. The van der Waals surface area contributed by atoms with Crippen molar-refractivity contribution in [2.24, 2.45) is 5.92 Å². The molecule has 1 atom stereocenters. The third kappa shape index (κ3) is 3.13. The van der Waals surface area contributed by atoms with Crippen LogP contribution in [0, 0.1) is 5.92 Å². The SMILES string of the molecule is CC(C)/C=C\[C@@H]1COC(=O)N1Cc1ccccc1. The Bertz CT molecular complexity index is 425. The summed E-state index contributed by atoms with van der Waals surface area (Å²) in [7, 11) is 0. The summed E-state index contributed by atoms with van der Waals surface area (Å²) in [4.78, 5) is 13.5. The van der Waals surface area contributed by atoms with Gasteiger partial charge in [0.1, 0.15) is 6.61 Å². The Kier molecular flexibility index (Phi) is 4.03. The number of carbonyl (C=O) groups excluding carboxylic acids is 1. The minimum absolute atomic E-state index is 0.0557. The Morgan fingerprint density at radius 2 is 2.11 bits per heavy atom. The first-order chi connectivity index (χ1) is 8.66. The van der Waals surface area contributed by atoms with E-state index in [0.29, 0.717) is 19.1 Å². The molecule has 1 saturated heterocycles. The smallest absolute Gasteiger partial charge is 0.410 e. The fourth-order valence-electron chi connectivity index (χ4n) is 1.94. The zero-order valence-electron chi connectivity index (χ0n) is 10.9. The highest BCUT2D eigenvalue weighted by Crippen LogP contribution is 2.18. The van der Waals surface area contributed by atoms with Crippen LogP contribution in [0.15, 0.2) is 42.5 Å². The minimum atomic E-state index is -0.225. The summed E-state index contributed by atoms with van der Waals surface area (Å²) in [5.74, 6) is 0.485. The highest BCUT2D eigenvalue weighted by Gasteiger charge is 2.30. The molecule has 0 N–H and O–H groups in total. The Balaban J connectivity index is 2.06. The molecular weight excluding hydrogens is 226 g/mol. The van der Waals surface area contributed by atoms with E-state index in [2.05, 4.69) is 26.0 Å². The minimum Gasteiger partial charge on any atom is -0.447 e. The van der Waals surface area contributed by atoms with Gasteiger partial charge in [-0.15, -0.1) is 0 Å². The van der Waals surface area contributed by atoms with Crippen LogP contribution in [0.5, 0.6) is 0 Å². The zero-order chi connectivity index (χ0) is 13.0. The average molecular weight is 245 g/mol. The molecule has 1 heterocycles. The Morgan fingerprint density at radius 3 is 2.78 bits per heavy atom. The van der Waals surface area contributed by atoms with Crippen LogP contribution in [0.3, 0.4) is 0 Å². The Hall–Kier alpha value is -1.77. The topological polar surface area (TPSA) is 29.5 Å². The standard InChI is InChI=1S/C15H19NO2/c1-12(2)8-9-14-11-18-15(17)16(14)10-13-6-4-3-5-7-13/h3-9,12,14H,10-11H2,1-2H3/b9-8-/t14-/m1/s1. The molecule has 1 aromatic rings. The summed E-state index contributed by atoms with van der Waals surface area (Å²) >= 11 is 0. The van der Waals surface area contributed by atoms with Gasteiger partial charge in [0, 0.05) is 6.54 Å². The van der Waals surface area contributed by atoms with Gasteiger partial charge in [-0.1, -0.05) is 56.3 Å². The van der Waals surface area contributed by atoms with Gasteiger partial charge < -0.3 is 4.74 Å². The molecule has 0 aliphatic carbocycles. The van der Waals surface area contributed by atoms with Crippen molar-refractivity contribution in [2.75, 3.05) is 6.61 Å². The quantitative estimate of drug-likeness (QED) is 0.762. The first-order valence-electron chi connectivity index (χ1n) is 6.32. The van der Waals surface area contributed by atoms with E-state index < -0.39 is 0 Å². The van der Waals surface area contributed by atoms with E-state index in [4.69, 9.17) is 4.74 Å². The van der Waals surface area contributed by atoms with Crippen LogP contribution in [0.4, 0.5) is 4.79 Å².